The van der Waals surface area contributed by atoms with Crippen molar-refractivity contribution in [1.82, 2.24) is 5.32 Å². The van der Waals surface area contributed by atoms with E-state index in [1.807, 2.05) is 7.05 Å². The zero-order chi connectivity index (χ0) is 13.0. The van der Waals surface area contributed by atoms with Crippen LogP contribution in [0.1, 0.15) is 46.0 Å². The van der Waals surface area contributed by atoms with Crippen LogP contribution in [0.5, 0.6) is 0 Å². The van der Waals surface area contributed by atoms with Gasteiger partial charge in [0.05, 0.1) is 24.9 Å². The third kappa shape index (κ3) is 3.94. The van der Waals surface area contributed by atoms with E-state index in [1.54, 1.807) is 0 Å². The van der Waals surface area contributed by atoms with Gasteiger partial charge in [-0.2, -0.15) is 0 Å². The van der Waals surface area contributed by atoms with Crippen molar-refractivity contribution in [3.8, 4) is 0 Å². The molecule has 0 aromatic heterocycles. The summed E-state index contributed by atoms with van der Waals surface area (Å²) in [7, 11) is 1.98. The number of nitrogens with one attached hydrogen (secondary N) is 1. The number of ether oxygens (including phenoxy) is 2. The molecule has 3 nitrogen and oxygen atoms in total. The first-order valence-corrected chi connectivity index (χ1v) is 7.60. The Morgan fingerprint density at radius 3 is 2.56 bits per heavy atom. The molecule has 106 valence electrons. The minimum Gasteiger partial charge on any atom is -0.376 e. The molecule has 0 spiro atoms. The topological polar surface area (TPSA) is 30.5 Å². The molecule has 1 heterocycles. The summed E-state index contributed by atoms with van der Waals surface area (Å²) in [5.74, 6) is 1.68. The Balaban J connectivity index is 1.63. The summed E-state index contributed by atoms with van der Waals surface area (Å²) in [5.41, 5.74) is 0. The fourth-order valence-electron chi connectivity index (χ4n) is 3.17. The summed E-state index contributed by atoms with van der Waals surface area (Å²) < 4.78 is 12.0. The minimum atomic E-state index is 0.331. The van der Waals surface area contributed by atoms with Crippen molar-refractivity contribution >= 4 is 0 Å². The third-order valence-electron chi connectivity index (χ3n) is 4.70. The third-order valence-corrected chi connectivity index (χ3v) is 4.70. The van der Waals surface area contributed by atoms with Crippen LogP contribution in [0.15, 0.2) is 0 Å². The number of hydrogen-bond donors (Lipinski definition) is 1. The fraction of sp³-hybridized carbons (Fsp3) is 1.00. The highest BCUT2D eigenvalue weighted by Crippen LogP contribution is 2.31. The van der Waals surface area contributed by atoms with Crippen molar-refractivity contribution in [2.24, 2.45) is 11.8 Å². The molecule has 2 rings (SSSR count). The molecule has 0 aromatic rings. The molecule has 5 atom stereocenters. The average Bonchev–Trinajstić information content (AvgIpc) is 2.79. The molecular weight excluding hydrogens is 226 g/mol. The van der Waals surface area contributed by atoms with Crippen LogP contribution in [0.3, 0.4) is 0 Å². The molecule has 2 fully saturated rings. The van der Waals surface area contributed by atoms with Crippen LogP contribution < -0.4 is 5.32 Å². The maximum absolute atomic E-state index is 6.07. The van der Waals surface area contributed by atoms with E-state index >= 15 is 0 Å². The first kappa shape index (κ1) is 14.3. The highest BCUT2D eigenvalue weighted by Gasteiger charge is 2.28. The molecule has 1 aliphatic carbocycles. The van der Waals surface area contributed by atoms with Gasteiger partial charge in [-0.1, -0.05) is 13.8 Å². The van der Waals surface area contributed by atoms with Gasteiger partial charge < -0.3 is 14.8 Å². The predicted molar refractivity (Wildman–Crippen MR) is 73.7 cm³/mol. The van der Waals surface area contributed by atoms with E-state index < -0.39 is 0 Å². The van der Waals surface area contributed by atoms with Crippen molar-refractivity contribution in [3.63, 3.8) is 0 Å². The number of likely N-dealkylation sites (N-methyl/N-ethyl adjacent to an activating group) is 1. The van der Waals surface area contributed by atoms with Crippen molar-refractivity contribution < 1.29 is 9.47 Å². The van der Waals surface area contributed by atoms with E-state index in [4.69, 9.17) is 9.47 Å². The summed E-state index contributed by atoms with van der Waals surface area (Å²) in [4.78, 5) is 0. The van der Waals surface area contributed by atoms with E-state index in [1.165, 1.54) is 25.7 Å². The predicted octanol–water partition coefficient (Wildman–Crippen LogP) is 2.59. The first-order valence-electron chi connectivity index (χ1n) is 7.60. The average molecular weight is 255 g/mol. The molecular formula is C15H29NO2. The SMILES string of the molecule is CNCC1CCC(COC2CCC(C)C(C)C2)O1. The van der Waals surface area contributed by atoms with Crippen LogP contribution in [-0.2, 0) is 9.47 Å². The molecule has 0 aromatic carbocycles. The highest BCUT2D eigenvalue weighted by atomic mass is 16.5. The molecule has 0 bridgehead atoms. The van der Waals surface area contributed by atoms with Crippen LogP contribution in [0.2, 0.25) is 0 Å². The Labute approximate surface area is 112 Å². The second kappa shape index (κ2) is 6.88. The van der Waals surface area contributed by atoms with Crippen LogP contribution in [0.4, 0.5) is 0 Å². The van der Waals surface area contributed by atoms with Gasteiger partial charge in [-0.05, 0) is 51.0 Å². The maximum Gasteiger partial charge on any atom is 0.0814 e. The van der Waals surface area contributed by atoms with Gasteiger partial charge in [-0.15, -0.1) is 0 Å². The van der Waals surface area contributed by atoms with Crippen molar-refractivity contribution in [1.29, 1.82) is 0 Å². The van der Waals surface area contributed by atoms with Crippen molar-refractivity contribution in [3.05, 3.63) is 0 Å². The Kier molecular flexibility index (Phi) is 5.46. The summed E-state index contributed by atoms with van der Waals surface area (Å²) in [5, 5.41) is 3.18. The molecule has 1 aliphatic heterocycles. The first-order chi connectivity index (χ1) is 8.69. The lowest BCUT2D eigenvalue weighted by molar-refractivity contribution is -0.0595. The lowest BCUT2D eigenvalue weighted by atomic mass is 9.80. The van der Waals surface area contributed by atoms with Gasteiger partial charge >= 0.3 is 0 Å². The van der Waals surface area contributed by atoms with Crippen LogP contribution in [-0.4, -0.2) is 38.5 Å². The molecule has 1 saturated heterocycles. The summed E-state index contributed by atoms with van der Waals surface area (Å²) in [6, 6.07) is 0. The number of hydrogen-bond acceptors (Lipinski definition) is 3. The monoisotopic (exact) mass is 255 g/mol. The molecule has 0 amide bonds. The van der Waals surface area contributed by atoms with Gasteiger partial charge in [0, 0.05) is 6.54 Å². The summed E-state index contributed by atoms with van der Waals surface area (Å²) >= 11 is 0. The largest absolute Gasteiger partial charge is 0.376 e. The van der Waals surface area contributed by atoms with Crippen LogP contribution >= 0.6 is 0 Å². The maximum atomic E-state index is 6.07. The van der Waals surface area contributed by atoms with Gasteiger partial charge in [0.1, 0.15) is 0 Å². The van der Waals surface area contributed by atoms with E-state index in [2.05, 4.69) is 19.2 Å². The molecule has 2 aliphatic rings. The quantitative estimate of drug-likeness (QED) is 0.819. The fourth-order valence-corrected chi connectivity index (χ4v) is 3.17. The lowest BCUT2D eigenvalue weighted by Gasteiger charge is -2.32. The van der Waals surface area contributed by atoms with Crippen LogP contribution in [0.25, 0.3) is 0 Å². The molecule has 1 saturated carbocycles. The standard InChI is InChI=1S/C15H29NO2/c1-11-4-5-13(8-12(11)2)17-10-15-7-6-14(18-15)9-16-3/h11-16H,4-10H2,1-3H3. The normalized spacial score (nSPS) is 41.2. The van der Waals surface area contributed by atoms with Gasteiger partial charge in [0.2, 0.25) is 0 Å². The van der Waals surface area contributed by atoms with Crippen molar-refractivity contribution in [2.75, 3.05) is 20.2 Å². The minimum absolute atomic E-state index is 0.331. The zero-order valence-corrected chi connectivity index (χ0v) is 12.2. The van der Waals surface area contributed by atoms with E-state index in [0.717, 1.165) is 31.4 Å². The lowest BCUT2D eigenvalue weighted by Crippen LogP contribution is -2.30. The second-order valence-corrected chi connectivity index (χ2v) is 6.24. The van der Waals surface area contributed by atoms with Gasteiger partial charge in [0.25, 0.3) is 0 Å². The molecule has 18 heavy (non-hydrogen) atoms. The van der Waals surface area contributed by atoms with Gasteiger partial charge in [0.15, 0.2) is 0 Å². The second-order valence-electron chi connectivity index (χ2n) is 6.24. The van der Waals surface area contributed by atoms with Gasteiger partial charge in [-0.3, -0.25) is 0 Å². The summed E-state index contributed by atoms with van der Waals surface area (Å²) in [6.07, 6.45) is 7.32. The highest BCUT2D eigenvalue weighted by molar-refractivity contribution is 4.78. The molecule has 0 radical (unpaired) electrons. The van der Waals surface area contributed by atoms with E-state index in [9.17, 15) is 0 Å². The van der Waals surface area contributed by atoms with Crippen molar-refractivity contribution in [2.45, 2.75) is 64.3 Å². The Morgan fingerprint density at radius 1 is 1.06 bits per heavy atom. The Hall–Kier alpha value is -0.120. The molecule has 5 unspecified atom stereocenters. The molecule has 1 N–H and O–H groups in total. The van der Waals surface area contributed by atoms with E-state index in [0.29, 0.717) is 18.3 Å². The van der Waals surface area contributed by atoms with Gasteiger partial charge in [-0.25, -0.2) is 0 Å². The van der Waals surface area contributed by atoms with Crippen LogP contribution in [0, 0.1) is 11.8 Å². The smallest absolute Gasteiger partial charge is 0.0814 e. The number of rotatable bonds is 5. The zero-order valence-electron chi connectivity index (χ0n) is 12.2. The van der Waals surface area contributed by atoms with E-state index in [-0.39, 0.29) is 0 Å². The molecule has 3 heteroatoms. The Bertz CT molecular complexity index is 247. The Morgan fingerprint density at radius 2 is 1.83 bits per heavy atom. The summed E-state index contributed by atoms with van der Waals surface area (Å²) in [6.45, 7) is 6.49.